The molecule has 0 aliphatic heterocycles. The number of carbonyl (C=O) groups excluding carboxylic acids is 4. The van der Waals surface area contributed by atoms with Gasteiger partial charge in [-0.05, 0) is 126 Å². The van der Waals surface area contributed by atoms with Crippen LogP contribution in [0, 0.1) is 46.3 Å². The van der Waals surface area contributed by atoms with Gasteiger partial charge in [0.2, 0.25) is 5.91 Å². The molecular weight excluding hydrogens is 520 g/mol. The first-order valence-electron chi connectivity index (χ1n) is 16.0. The number of esters is 1. The van der Waals surface area contributed by atoms with Gasteiger partial charge in [-0.1, -0.05) is 27.7 Å². The number of nitrogens with one attached hydrogen (secondary N) is 2. The monoisotopic (exact) mass is 574 g/mol. The number of ketones is 1. The zero-order chi connectivity index (χ0) is 30.3. The van der Waals surface area contributed by atoms with Gasteiger partial charge in [-0.15, -0.1) is 0 Å². The average molecular weight is 575 g/mol. The highest BCUT2D eigenvalue weighted by Crippen LogP contribution is 2.67. The van der Waals surface area contributed by atoms with E-state index in [-0.39, 0.29) is 35.3 Å². The summed E-state index contributed by atoms with van der Waals surface area (Å²) in [7, 11) is 0. The Morgan fingerprint density at radius 3 is 2.20 bits per heavy atom. The second-order valence-electron chi connectivity index (χ2n) is 15.4. The maximum atomic E-state index is 12.8. The van der Waals surface area contributed by atoms with Crippen molar-refractivity contribution in [2.75, 3.05) is 6.54 Å². The Bertz CT molecular complexity index is 1020. The molecule has 0 heterocycles. The molecule has 232 valence electrons. The van der Waals surface area contributed by atoms with Crippen LogP contribution in [-0.4, -0.2) is 48.0 Å². The van der Waals surface area contributed by atoms with Crippen LogP contribution < -0.4 is 10.6 Å². The summed E-state index contributed by atoms with van der Waals surface area (Å²) in [6.45, 7) is 15.4. The van der Waals surface area contributed by atoms with Crippen LogP contribution in [0.1, 0.15) is 113 Å². The second-order valence-corrected chi connectivity index (χ2v) is 15.4. The maximum absolute atomic E-state index is 12.8. The molecule has 8 nitrogen and oxygen atoms in total. The molecule has 0 spiro atoms. The molecule has 0 radical (unpaired) electrons. The molecule has 0 aromatic heterocycles. The van der Waals surface area contributed by atoms with Crippen LogP contribution in [0.2, 0.25) is 0 Å². The molecule has 8 heteroatoms. The second kappa shape index (κ2) is 11.9. The van der Waals surface area contributed by atoms with E-state index in [1.165, 1.54) is 19.3 Å². The minimum absolute atomic E-state index is 0.128. The summed E-state index contributed by atoms with van der Waals surface area (Å²) in [5.41, 5.74) is -0.244. The van der Waals surface area contributed by atoms with Crippen LogP contribution in [0.4, 0.5) is 4.79 Å². The van der Waals surface area contributed by atoms with Crippen molar-refractivity contribution in [3.8, 4) is 0 Å². The fourth-order valence-electron chi connectivity index (χ4n) is 9.46. The summed E-state index contributed by atoms with van der Waals surface area (Å²) in [4.78, 5) is 50.2. The van der Waals surface area contributed by atoms with Gasteiger partial charge in [-0.25, -0.2) is 4.79 Å². The van der Waals surface area contributed by atoms with Gasteiger partial charge in [-0.2, -0.15) is 0 Å². The smallest absolute Gasteiger partial charge is 0.408 e. The van der Waals surface area contributed by atoms with E-state index in [1.54, 1.807) is 27.7 Å². The molecule has 4 saturated carbocycles. The van der Waals surface area contributed by atoms with Crippen LogP contribution >= 0.6 is 0 Å². The Kier molecular flexibility index (Phi) is 9.21. The molecule has 0 unspecified atom stereocenters. The van der Waals surface area contributed by atoms with E-state index in [0.717, 1.165) is 38.5 Å². The van der Waals surface area contributed by atoms with Crippen LogP contribution in [0.25, 0.3) is 0 Å². The number of amides is 2. The third kappa shape index (κ3) is 6.61. The van der Waals surface area contributed by atoms with Crippen molar-refractivity contribution < 1.29 is 28.7 Å². The number of rotatable bonds is 7. The number of Topliss-reactive ketones (excluding diaryl/α,β-unsaturated/α-hetero) is 1. The first-order chi connectivity index (χ1) is 19.0. The zero-order valence-electron chi connectivity index (χ0n) is 26.6. The predicted molar refractivity (Wildman–Crippen MR) is 157 cm³/mol. The molecule has 4 aliphatic rings. The summed E-state index contributed by atoms with van der Waals surface area (Å²) < 4.78 is 11.2. The highest BCUT2D eigenvalue weighted by Gasteiger charge is 2.61. The van der Waals surface area contributed by atoms with E-state index < -0.39 is 29.6 Å². The van der Waals surface area contributed by atoms with E-state index in [9.17, 15) is 19.2 Å². The normalized spacial score (nSPS) is 37.2. The molecule has 2 amide bonds. The van der Waals surface area contributed by atoms with Crippen molar-refractivity contribution in [1.29, 1.82) is 0 Å². The predicted octanol–water partition coefficient (Wildman–Crippen LogP) is 5.81. The first kappa shape index (κ1) is 31.8. The van der Waals surface area contributed by atoms with Crippen LogP contribution in [0.15, 0.2) is 0 Å². The lowest BCUT2D eigenvalue weighted by atomic mass is 9.44. The van der Waals surface area contributed by atoms with Crippen molar-refractivity contribution in [2.24, 2.45) is 46.3 Å². The van der Waals surface area contributed by atoms with E-state index in [0.29, 0.717) is 29.5 Å². The topological polar surface area (TPSA) is 111 Å². The fourth-order valence-corrected chi connectivity index (χ4v) is 9.46. The van der Waals surface area contributed by atoms with Crippen molar-refractivity contribution >= 4 is 23.8 Å². The Morgan fingerprint density at radius 2 is 1.56 bits per heavy atom. The Balaban J connectivity index is 1.28. The highest BCUT2D eigenvalue weighted by molar-refractivity contribution is 5.88. The molecule has 4 rings (SSSR count). The molecule has 41 heavy (non-hydrogen) atoms. The largest absolute Gasteiger partial charge is 0.461 e. The van der Waals surface area contributed by atoms with Crippen molar-refractivity contribution in [3.63, 3.8) is 0 Å². The maximum Gasteiger partial charge on any atom is 0.408 e. The molecule has 0 aromatic rings. The highest BCUT2D eigenvalue weighted by atomic mass is 16.6. The quantitative estimate of drug-likeness (QED) is 0.371. The number of hydrogen-bond donors (Lipinski definition) is 2. The molecule has 4 fully saturated rings. The number of ether oxygens (including phenoxy) is 2. The van der Waals surface area contributed by atoms with Crippen molar-refractivity contribution in [3.05, 3.63) is 0 Å². The lowest BCUT2D eigenvalue weighted by Gasteiger charge is -2.61. The Hall–Kier alpha value is -2.12. The van der Waals surface area contributed by atoms with Gasteiger partial charge in [-0.3, -0.25) is 14.4 Å². The zero-order valence-corrected chi connectivity index (χ0v) is 26.6. The molecule has 9 atom stereocenters. The average Bonchev–Trinajstić information content (AvgIpc) is 3.22. The van der Waals surface area contributed by atoms with Gasteiger partial charge in [0, 0.05) is 5.92 Å². The molecular formula is C33H54N2O6. The van der Waals surface area contributed by atoms with Gasteiger partial charge in [0.05, 0.1) is 0 Å². The standard InChI is InChI=1S/C33H54N2O6/c1-19(2)28(35-30(39)41-31(4,5)6)29(38)34-18-27(37)40-22-13-15-32(7)21(17-22)9-10-23-25-12-11-24(20(3)36)33(25,8)16-14-26(23)32/h19,21-26,28H,9-18H2,1-8H3,(H,34,38)(H,35,39)/t21-,22+,23-,24+,25-,26-,28-,32-,33+/m0/s1. The van der Waals surface area contributed by atoms with Gasteiger partial charge in [0.1, 0.15) is 30.1 Å². The van der Waals surface area contributed by atoms with Gasteiger partial charge in [0.25, 0.3) is 0 Å². The molecule has 0 aromatic carbocycles. The number of alkyl carbamates (subject to hydrolysis) is 1. The number of carbonyl (C=O) groups is 4. The van der Waals surface area contributed by atoms with Crippen LogP contribution in [-0.2, 0) is 23.9 Å². The first-order valence-corrected chi connectivity index (χ1v) is 16.0. The SMILES string of the molecule is CC(=O)[C@H]1CC[C@H]2[C@@H]3CC[C@H]4C[C@H](OC(=O)CNC(=O)[C@@H](NC(=O)OC(C)(C)C)C(C)C)CC[C@]4(C)[C@H]3CC[C@]12C. The summed E-state index contributed by atoms with van der Waals surface area (Å²) >= 11 is 0. The van der Waals surface area contributed by atoms with Gasteiger partial charge >= 0.3 is 12.1 Å². The fraction of sp³-hybridized carbons (Fsp3) is 0.879. The Morgan fingerprint density at radius 1 is 0.902 bits per heavy atom. The van der Waals surface area contributed by atoms with Gasteiger partial charge < -0.3 is 20.1 Å². The summed E-state index contributed by atoms with van der Waals surface area (Å²) in [5, 5.41) is 5.27. The van der Waals surface area contributed by atoms with E-state index in [2.05, 4.69) is 24.5 Å². The van der Waals surface area contributed by atoms with Crippen LogP contribution in [0.5, 0.6) is 0 Å². The summed E-state index contributed by atoms with van der Waals surface area (Å²) in [6.07, 6.45) is 8.99. The summed E-state index contributed by atoms with van der Waals surface area (Å²) in [5.74, 6) is 2.15. The molecule has 0 bridgehead atoms. The molecule has 2 N–H and O–H groups in total. The minimum Gasteiger partial charge on any atom is -0.461 e. The Labute approximate surface area is 246 Å². The molecule has 4 aliphatic carbocycles. The molecule has 0 saturated heterocycles. The van der Waals surface area contributed by atoms with Crippen LogP contribution in [0.3, 0.4) is 0 Å². The number of hydrogen-bond acceptors (Lipinski definition) is 6. The minimum atomic E-state index is -0.814. The van der Waals surface area contributed by atoms with E-state index >= 15 is 0 Å². The van der Waals surface area contributed by atoms with E-state index in [1.807, 2.05) is 13.8 Å². The van der Waals surface area contributed by atoms with Crippen molar-refractivity contribution in [2.45, 2.75) is 131 Å². The third-order valence-electron chi connectivity index (χ3n) is 11.4. The van der Waals surface area contributed by atoms with Crippen molar-refractivity contribution in [1.82, 2.24) is 10.6 Å². The number of fused-ring (bicyclic) bond motifs is 5. The lowest BCUT2D eigenvalue weighted by molar-refractivity contribution is -0.162. The third-order valence-corrected chi connectivity index (χ3v) is 11.4. The lowest BCUT2D eigenvalue weighted by Crippen LogP contribution is -2.54. The van der Waals surface area contributed by atoms with E-state index in [4.69, 9.17) is 9.47 Å². The van der Waals surface area contributed by atoms with Gasteiger partial charge in [0.15, 0.2) is 0 Å². The summed E-state index contributed by atoms with van der Waals surface area (Å²) in [6, 6.07) is -0.814.